The van der Waals surface area contributed by atoms with Crippen LogP contribution in [0.3, 0.4) is 0 Å². The van der Waals surface area contributed by atoms with Gasteiger partial charge in [-0.25, -0.2) is 9.18 Å². The van der Waals surface area contributed by atoms with Crippen molar-refractivity contribution in [3.05, 3.63) is 41.3 Å². The van der Waals surface area contributed by atoms with E-state index >= 15 is 0 Å². The molecule has 0 radical (unpaired) electrons. The smallest absolute Gasteiger partial charge is 0.342 e. The number of alkyl halides is 1. The number of aromatic nitrogens is 2. The van der Waals surface area contributed by atoms with Crippen LogP contribution in [0.1, 0.15) is 30.7 Å². The summed E-state index contributed by atoms with van der Waals surface area (Å²) >= 11 is 0. The average Bonchev–Trinajstić information content (AvgIpc) is 3.04. The first-order valence-electron chi connectivity index (χ1n) is 10.1. The van der Waals surface area contributed by atoms with E-state index in [4.69, 9.17) is 0 Å². The molecule has 1 aliphatic carbocycles. The molecule has 1 atom stereocenters. The van der Waals surface area contributed by atoms with Crippen molar-refractivity contribution in [2.45, 2.75) is 51.9 Å². The minimum atomic E-state index is -1.36. The first-order valence-corrected chi connectivity index (χ1v) is 10.1. The SMILES string of the molecule is Cc1cc(C)n(CCC(=O)N2CCC(N3C(=O)N=C4C=CC(F)C=C4C3=O)CC2)n1. The summed E-state index contributed by atoms with van der Waals surface area (Å²) < 4.78 is 15.5. The largest absolute Gasteiger partial charge is 0.351 e. The first kappa shape index (κ1) is 20.2. The van der Waals surface area contributed by atoms with Crippen LogP contribution >= 0.6 is 0 Å². The third-order valence-corrected chi connectivity index (χ3v) is 5.73. The Morgan fingerprint density at radius 2 is 1.97 bits per heavy atom. The molecule has 2 aliphatic heterocycles. The molecule has 3 aliphatic rings. The number of hydrogen-bond donors (Lipinski definition) is 0. The van der Waals surface area contributed by atoms with Gasteiger partial charge in [0.1, 0.15) is 6.17 Å². The number of imide groups is 1. The lowest BCUT2D eigenvalue weighted by molar-refractivity contribution is -0.133. The number of carbonyl (C=O) groups excluding carboxylic acids is 3. The van der Waals surface area contributed by atoms with E-state index in [1.54, 1.807) is 4.90 Å². The van der Waals surface area contributed by atoms with Gasteiger partial charge in [0.05, 0.1) is 17.0 Å². The zero-order valence-corrected chi connectivity index (χ0v) is 17.0. The predicted molar refractivity (Wildman–Crippen MR) is 108 cm³/mol. The molecule has 4 rings (SSSR count). The van der Waals surface area contributed by atoms with E-state index in [0.717, 1.165) is 16.3 Å². The molecule has 30 heavy (non-hydrogen) atoms. The molecular weight excluding hydrogens is 389 g/mol. The number of aliphatic imine (C=N–C) groups is 1. The van der Waals surface area contributed by atoms with Gasteiger partial charge in [-0.1, -0.05) is 0 Å². The highest BCUT2D eigenvalue weighted by molar-refractivity contribution is 6.33. The van der Waals surface area contributed by atoms with Crippen molar-refractivity contribution in [3.8, 4) is 0 Å². The number of piperidine rings is 1. The highest BCUT2D eigenvalue weighted by Gasteiger charge is 2.39. The lowest BCUT2D eigenvalue weighted by atomic mass is 9.96. The summed E-state index contributed by atoms with van der Waals surface area (Å²) in [4.78, 5) is 44.6. The number of likely N-dealkylation sites (tertiary alicyclic amines) is 1. The van der Waals surface area contributed by atoms with Gasteiger partial charge >= 0.3 is 6.03 Å². The molecule has 1 saturated heterocycles. The molecule has 0 spiro atoms. The summed E-state index contributed by atoms with van der Waals surface area (Å²) in [6, 6.07) is 1.00. The van der Waals surface area contributed by atoms with Gasteiger partial charge in [0.2, 0.25) is 5.91 Å². The van der Waals surface area contributed by atoms with Gasteiger partial charge in [-0.2, -0.15) is 10.1 Å². The van der Waals surface area contributed by atoms with Crippen molar-refractivity contribution in [2.24, 2.45) is 4.99 Å². The molecule has 4 amide bonds. The Balaban J connectivity index is 1.35. The monoisotopic (exact) mass is 413 g/mol. The van der Waals surface area contributed by atoms with Crippen LogP contribution < -0.4 is 0 Å². The number of nitrogens with zero attached hydrogens (tertiary/aromatic N) is 5. The van der Waals surface area contributed by atoms with Gasteiger partial charge in [-0.3, -0.25) is 19.2 Å². The molecule has 1 aromatic rings. The molecule has 0 aromatic carbocycles. The quantitative estimate of drug-likeness (QED) is 0.756. The van der Waals surface area contributed by atoms with Crippen molar-refractivity contribution < 1.29 is 18.8 Å². The number of hydrogen-bond acceptors (Lipinski definition) is 4. The Kier molecular flexibility index (Phi) is 5.36. The van der Waals surface area contributed by atoms with Crippen molar-refractivity contribution in [1.82, 2.24) is 19.6 Å². The van der Waals surface area contributed by atoms with Gasteiger partial charge < -0.3 is 4.90 Å². The molecule has 8 nitrogen and oxygen atoms in total. The maximum Gasteiger partial charge on any atom is 0.351 e. The van der Waals surface area contributed by atoms with E-state index in [2.05, 4.69) is 10.1 Å². The van der Waals surface area contributed by atoms with Crippen LogP contribution in [0.25, 0.3) is 0 Å². The van der Waals surface area contributed by atoms with E-state index in [1.165, 1.54) is 18.2 Å². The lowest BCUT2D eigenvalue weighted by Crippen LogP contribution is -2.53. The standard InChI is InChI=1S/C21H24FN5O3/c1-13-11-14(2)26(24-13)10-7-19(28)25-8-5-16(6-9-25)27-20(29)17-12-15(22)3-4-18(17)23-21(27)30/h3-4,11-12,15-16H,5-10H2,1-2H3. The normalized spacial score (nSPS) is 22.2. The fraction of sp³-hybridized carbons (Fsp3) is 0.476. The van der Waals surface area contributed by atoms with E-state index in [9.17, 15) is 18.8 Å². The summed E-state index contributed by atoms with van der Waals surface area (Å²) in [6.45, 7) is 5.31. The average molecular weight is 413 g/mol. The number of amides is 4. The number of rotatable bonds is 4. The van der Waals surface area contributed by atoms with Crippen LogP contribution in [-0.2, 0) is 16.1 Å². The highest BCUT2D eigenvalue weighted by Crippen LogP contribution is 2.26. The second-order valence-corrected chi connectivity index (χ2v) is 7.85. The maximum atomic E-state index is 13.6. The van der Waals surface area contributed by atoms with E-state index in [0.29, 0.717) is 38.9 Å². The van der Waals surface area contributed by atoms with Crippen molar-refractivity contribution >= 4 is 23.6 Å². The molecule has 1 unspecified atom stereocenters. The van der Waals surface area contributed by atoms with Crippen LogP contribution in [0.4, 0.5) is 9.18 Å². The van der Waals surface area contributed by atoms with Crippen LogP contribution in [-0.4, -0.2) is 68.4 Å². The van der Waals surface area contributed by atoms with Gasteiger partial charge in [-0.15, -0.1) is 0 Å². The number of urea groups is 1. The molecule has 1 fully saturated rings. The van der Waals surface area contributed by atoms with Crippen LogP contribution in [0.15, 0.2) is 34.9 Å². The fourth-order valence-corrected chi connectivity index (χ4v) is 4.18. The third kappa shape index (κ3) is 3.83. The molecule has 9 heteroatoms. The Morgan fingerprint density at radius 3 is 2.63 bits per heavy atom. The predicted octanol–water partition coefficient (Wildman–Crippen LogP) is 2.12. The number of fused-ring (bicyclic) bond motifs is 1. The minimum absolute atomic E-state index is 0.0259. The van der Waals surface area contributed by atoms with Crippen molar-refractivity contribution in [1.29, 1.82) is 0 Å². The molecule has 3 heterocycles. The number of aryl methyl sites for hydroxylation is 3. The Hall–Kier alpha value is -3.10. The number of allylic oxidation sites excluding steroid dienone is 3. The summed E-state index contributed by atoms with van der Waals surface area (Å²) in [7, 11) is 0. The van der Waals surface area contributed by atoms with Crippen LogP contribution in [0.5, 0.6) is 0 Å². The second kappa shape index (κ2) is 7.97. The Morgan fingerprint density at radius 1 is 1.23 bits per heavy atom. The van der Waals surface area contributed by atoms with Crippen LogP contribution in [0, 0.1) is 13.8 Å². The summed E-state index contributed by atoms with van der Waals surface area (Å²) in [5.41, 5.74) is 2.29. The van der Waals surface area contributed by atoms with Gasteiger partial charge in [0, 0.05) is 37.8 Å². The minimum Gasteiger partial charge on any atom is -0.342 e. The van der Waals surface area contributed by atoms with Gasteiger partial charge in [0.15, 0.2) is 0 Å². The zero-order chi connectivity index (χ0) is 21.4. The number of halogens is 1. The molecule has 0 bridgehead atoms. The Labute approximate surface area is 173 Å². The third-order valence-electron chi connectivity index (χ3n) is 5.73. The summed E-state index contributed by atoms with van der Waals surface area (Å²) in [5, 5.41) is 4.37. The second-order valence-electron chi connectivity index (χ2n) is 7.85. The van der Waals surface area contributed by atoms with Gasteiger partial charge in [0.25, 0.3) is 5.91 Å². The highest BCUT2D eigenvalue weighted by atomic mass is 19.1. The molecule has 158 valence electrons. The first-order chi connectivity index (χ1) is 14.3. The van der Waals surface area contributed by atoms with E-state index in [1.807, 2.05) is 24.6 Å². The van der Waals surface area contributed by atoms with Crippen molar-refractivity contribution in [3.63, 3.8) is 0 Å². The topological polar surface area (TPSA) is 87.9 Å². The maximum absolute atomic E-state index is 13.6. The fourth-order valence-electron chi connectivity index (χ4n) is 4.18. The summed E-state index contributed by atoms with van der Waals surface area (Å²) in [6.07, 6.45) is 3.77. The molecule has 0 N–H and O–H groups in total. The molecular formula is C21H24FN5O3. The van der Waals surface area contributed by atoms with Crippen LogP contribution in [0.2, 0.25) is 0 Å². The Bertz CT molecular complexity index is 985. The summed E-state index contributed by atoms with van der Waals surface area (Å²) in [5.74, 6) is -0.482. The van der Waals surface area contributed by atoms with Crippen molar-refractivity contribution in [2.75, 3.05) is 13.1 Å². The van der Waals surface area contributed by atoms with E-state index in [-0.39, 0.29) is 23.2 Å². The number of carbonyl (C=O) groups is 3. The van der Waals surface area contributed by atoms with Gasteiger partial charge in [-0.05, 0) is 51.0 Å². The molecule has 1 aromatic heterocycles. The van der Waals surface area contributed by atoms with E-state index < -0.39 is 18.1 Å². The molecule has 0 saturated carbocycles. The lowest BCUT2D eigenvalue weighted by Gasteiger charge is -2.38. The zero-order valence-electron chi connectivity index (χ0n) is 17.0.